The minimum atomic E-state index is -0.405. The molecule has 0 saturated carbocycles. The second-order valence-corrected chi connectivity index (χ2v) is 5.26. The molecule has 0 atom stereocenters. The fraction of sp³-hybridized carbons (Fsp3) is 0.545. The zero-order valence-electron chi connectivity index (χ0n) is 11.5. The van der Waals surface area contributed by atoms with E-state index in [1.807, 2.05) is 0 Å². The molecule has 101 valence electrons. The number of imidazole rings is 1. The molecule has 0 aliphatic heterocycles. The fourth-order valence-corrected chi connectivity index (χ4v) is 1.70. The van der Waals surface area contributed by atoms with E-state index >= 15 is 0 Å². The molecule has 0 bridgehead atoms. The average Bonchev–Trinajstić information content (AvgIpc) is 2.70. The van der Waals surface area contributed by atoms with E-state index in [0.29, 0.717) is 17.0 Å². The van der Waals surface area contributed by atoms with Gasteiger partial charge in [-0.25, -0.2) is 0 Å². The molecule has 2 heterocycles. The summed E-state index contributed by atoms with van der Waals surface area (Å²) in [5, 5.41) is 3.14. The Morgan fingerprint density at radius 2 is 2.16 bits per heavy atom. The molecule has 1 radical (unpaired) electrons. The van der Waals surface area contributed by atoms with Gasteiger partial charge in [0.15, 0.2) is 0 Å². The van der Waals surface area contributed by atoms with Crippen molar-refractivity contribution in [3.63, 3.8) is 0 Å². The van der Waals surface area contributed by atoms with Gasteiger partial charge in [-0.3, -0.25) is 4.79 Å². The van der Waals surface area contributed by atoms with Crippen LogP contribution in [0, 0.1) is 0 Å². The summed E-state index contributed by atoms with van der Waals surface area (Å²) in [6.45, 7) is 1.81. The van der Waals surface area contributed by atoms with Crippen LogP contribution >= 0.6 is 0 Å². The van der Waals surface area contributed by atoms with Crippen LogP contribution in [0.3, 0.4) is 0 Å². The van der Waals surface area contributed by atoms with Crippen LogP contribution in [0.4, 0.5) is 5.82 Å². The van der Waals surface area contributed by atoms with Crippen LogP contribution in [0.5, 0.6) is 0 Å². The van der Waals surface area contributed by atoms with Crippen LogP contribution in [0.1, 0.15) is 6.42 Å². The predicted octanol–water partition coefficient (Wildman–Crippen LogP) is -0.219. The Bertz CT molecular complexity index is 585. The Balaban J connectivity index is 0.00000180. The first-order valence-electron chi connectivity index (χ1n) is 5.88. The maximum absolute atomic E-state index is 11.3. The Kier molecular flexibility index (Phi) is 5.64. The van der Waals surface area contributed by atoms with E-state index in [1.54, 1.807) is 0 Å². The molecule has 0 aliphatic rings. The van der Waals surface area contributed by atoms with Gasteiger partial charge in [0.1, 0.15) is 5.82 Å². The standard InChI is InChI=1S/C11H18N6O.Y/c1-17(2,3)6-4-5-12-9-8-10(14-7-13-8)16-11(18)15-9;/h7H,4-6H2,1-3H3,(H2-,12,13,14,15,16,18);. The number of fused-ring (bicyclic) bond motifs is 1. The van der Waals surface area contributed by atoms with Gasteiger partial charge in [0, 0.05) is 56.8 Å². The van der Waals surface area contributed by atoms with E-state index in [2.05, 4.69) is 46.4 Å². The number of quaternary nitrogens is 1. The van der Waals surface area contributed by atoms with Gasteiger partial charge < -0.3 is 24.8 Å². The molecule has 2 rings (SSSR count). The Hall–Kier alpha value is -0.786. The van der Waals surface area contributed by atoms with Crippen molar-refractivity contribution < 1.29 is 37.2 Å². The third kappa shape index (κ3) is 4.67. The number of aromatic nitrogens is 4. The number of aromatic amines is 1. The molecule has 2 aromatic heterocycles. The van der Waals surface area contributed by atoms with Crippen LogP contribution in [0.2, 0.25) is 0 Å². The second-order valence-electron chi connectivity index (χ2n) is 5.26. The van der Waals surface area contributed by atoms with Gasteiger partial charge in [-0.05, 0) is 6.33 Å². The predicted molar refractivity (Wildman–Crippen MR) is 69.5 cm³/mol. The minimum absolute atomic E-state index is 0. The summed E-state index contributed by atoms with van der Waals surface area (Å²) in [6.07, 6.45) is 2.41. The summed E-state index contributed by atoms with van der Waals surface area (Å²) in [4.78, 5) is 25.8. The average molecular weight is 339 g/mol. The third-order valence-corrected chi connectivity index (χ3v) is 2.56. The number of hydrogen-bond acceptors (Lipinski definition) is 4. The summed E-state index contributed by atoms with van der Waals surface area (Å²) in [6, 6.07) is 0. The van der Waals surface area contributed by atoms with Crippen LogP contribution in [-0.4, -0.2) is 53.7 Å². The monoisotopic (exact) mass is 339 g/mol. The first kappa shape index (κ1) is 16.3. The van der Waals surface area contributed by atoms with Crippen molar-refractivity contribution in [3.05, 3.63) is 16.8 Å². The summed E-state index contributed by atoms with van der Waals surface area (Å²) < 4.78 is 0.913. The van der Waals surface area contributed by atoms with Crippen LogP contribution in [-0.2, 0) is 32.7 Å². The van der Waals surface area contributed by atoms with Crippen molar-refractivity contribution >= 4 is 17.0 Å². The van der Waals surface area contributed by atoms with Gasteiger partial charge in [-0.2, -0.15) is 4.98 Å². The molecule has 0 saturated heterocycles. The van der Waals surface area contributed by atoms with Gasteiger partial charge in [0.2, 0.25) is 0 Å². The van der Waals surface area contributed by atoms with Crippen molar-refractivity contribution in [1.29, 1.82) is 0 Å². The van der Waals surface area contributed by atoms with E-state index in [4.69, 9.17) is 0 Å². The molecule has 0 aliphatic carbocycles. The van der Waals surface area contributed by atoms with Crippen LogP contribution in [0.15, 0.2) is 11.1 Å². The number of nitrogens with zero attached hydrogens (tertiary/aromatic N) is 4. The van der Waals surface area contributed by atoms with E-state index in [9.17, 15) is 4.79 Å². The van der Waals surface area contributed by atoms with Crippen LogP contribution < -0.4 is 16.0 Å². The topological polar surface area (TPSA) is 84.8 Å². The van der Waals surface area contributed by atoms with Gasteiger partial charge in [-0.15, -0.1) is 0 Å². The van der Waals surface area contributed by atoms with E-state index < -0.39 is 5.69 Å². The van der Waals surface area contributed by atoms with Gasteiger partial charge in [0.25, 0.3) is 5.69 Å². The number of nitrogens with one attached hydrogen (secondary N) is 2. The van der Waals surface area contributed by atoms with Crippen LogP contribution in [0.25, 0.3) is 11.2 Å². The van der Waals surface area contributed by atoms with Crippen molar-refractivity contribution in [2.45, 2.75) is 6.42 Å². The van der Waals surface area contributed by atoms with Crippen molar-refractivity contribution in [2.24, 2.45) is 0 Å². The van der Waals surface area contributed by atoms with E-state index in [1.165, 1.54) is 6.33 Å². The molecule has 8 heteroatoms. The summed E-state index contributed by atoms with van der Waals surface area (Å²) >= 11 is 0. The zero-order valence-corrected chi connectivity index (χ0v) is 14.3. The Labute approximate surface area is 136 Å². The number of hydrogen-bond donors (Lipinski definition) is 2. The fourth-order valence-electron chi connectivity index (χ4n) is 1.70. The normalized spacial score (nSPS) is 11.3. The first-order chi connectivity index (χ1) is 8.46. The molecule has 0 fully saturated rings. The van der Waals surface area contributed by atoms with Gasteiger partial charge in [0.05, 0.1) is 27.7 Å². The molecule has 0 aromatic carbocycles. The number of anilines is 1. The molecule has 19 heavy (non-hydrogen) atoms. The summed E-state index contributed by atoms with van der Waals surface area (Å²) in [5.74, 6) is 0.507. The number of H-pyrrole nitrogens is 1. The minimum Gasteiger partial charge on any atom is -0.369 e. The Morgan fingerprint density at radius 1 is 1.42 bits per heavy atom. The third-order valence-electron chi connectivity index (χ3n) is 2.56. The first-order valence-corrected chi connectivity index (χ1v) is 5.88. The SMILES string of the molecule is C[N+](C)(C)CCCNc1nc(=O)[nH]c2[n-]cnc12.[Y]. The van der Waals surface area contributed by atoms with E-state index in [-0.39, 0.29) is 32.7 Å². The quantitative estimate of drug-likeness (QED) is 0.581. The maximum Gasteiger partial charge on any atom is 0.291 e. The van der Waals surface area contributed by atoms with Gasteiger partial charge >= 0.3 is 0 Å². The second kappa shape index (κ2) is 6.59. The van der Waals surface area contributed by atoms with Crippen molar-refractivity contribution in [1.82, 2.24) is 19.9 Å². The molecular formula is C11H18N6OY. The molecule has 2 aromatic rings. The molecule has 7 nitrogen and oxygen atoms in total. The van der Waals surface area contributed by atoms with Crippen molar-refractivity contribution in [2.75, 3.05) is 39.5 Å². The van der Waals surface area contributed by atoms with Gasteiger partial charge in [-0.1, -0.05) is 0 Å². The number of rotatable bonds is 5. The van der Waals surface area contributed by atoms with E-state index in [0.717, 1.165) is 24.0 Å². The summed E-state index contributed by atoms with van der Waals surface area (Å²) in [7, 11) is 6.44. The zero-order chi connectivity index (χ0) is 13.2. The Morgan fingerprint density at radius 3 is 2.84 bits per heavy atom. The molecule has 0 unspecified atom stereocenters. The molecule has 2 N–H and O–H groups in total. The summed E-state index contributed by atoms with van der Waals surface area (Å²) in [5.41, 5.74) is 0.682. The molecular weight excluding hydrogens is 321 g/mol. The largest absolute Gasteiger partial charge is 0.369 e. The smallest absolute Gasteiger partial charge is 0.291 e. The van der Waals surface area contributed by atoms with Crippen molar-refractivity contribution in [3.8, 4) is 0 Å². The maximum atomic E-state index is 11.3. The molecule has 0 spiro atoms. The molecule has 0 amide bonds.